The molecule has 0 fully saturated rings. The number of ether oxygens (including phenoxy) is 1. The maximum atomic E-state index is 11.7. The largest absolute Gasteiger partial charge is 0.496 e. The zero-order chi connectivity index (χ0) is 9.97. The number of benzene rings is 1. The van der Waals surface area contributed by atoms with Crippen LogP contribution in [0.15, 0.2) is 18.2 Å². The van der Waals surface area contributed by atoms with Crippen LogP contribution < -0.4 is 4.74 Å². The van der Waals surface area contributed by atoms with Crippen LogP contribution in [-0.2, 0) is 6.42 Å². The second-order valence-electron chi connectivity index (χ2n) is 3.62. The van der Waals surface area contributed by atoms with Crippen molar-refractivity contribution in [1.29, 1.82) is 0 Å². The predicted octanol–water partition coefficient (Wildman–Crippen LogP) is 2.60. The fraction of sp³-hybridized carbons (Fsp3) is 0.417. The summed E-state index contributed by atoms with van der Waals surface area (Å²) in [7, 11) is 1.66. The Morgan fingerprint density at radius 3 is 2.79 bits per heavy atom. The molecule has 0 aromatic heterocycles. The summed E-state index contributed by atoms with van der Waals surface area (Å²) in [6, 6.07) is 5.73. The standard InChI is InChI=1S/C12H14O2/c1-14-12-8-4-6-9-10(12)5-2-3-7-11(9)13/h4,6,8H,2-3,5,7H2,1H3. The van der Waals surface area contributed by atoms with E-state index < -0.39 is 0 Å². The van der Waals surface area contributed by atoms with Gasteiger partial charge in [0.15, 0.2) is 5.78 Å². The molecule has 0 bridgehead atoms. The summed E-state index contributed by atoms with van der Waals surface area (Å²) in [5.74, 6) is 1.12. The summed E-state index contributed by atoms with van der Waals surface area (Å²) >= 11 is 0. The quantitative estimate of drug-likeness (QED) is 0.636. The molecule has 0 N–H and O–H groups in total. The van der Waals surface area contributed by atoms with Crippen LogP contribution in [0.3, 0.4) is 0 Å². The number of rotatable bonds is 1. The molecule has 0 saturated heterocycles. The predicted molar refractivity (Wildman–Crippen MR) is 54.9 cm³/mol. The number of ketones is 1. The number of hydrogen-bond donors (Lipinski definition) is 0. The SMILES string of the molecule is COc1cccc2c1CCCCC2=O. The van der Waals surface area contributed by atoms with Gasteiger partial charge >= 0.3 is 0 Å². The van der Waals surface area contributed by atoms with Gasteiger partial charge in [-0.1, -0.05) is 12.1 Å². The minimum atomic E-state index is 0.261. The molecular weight excluding hydrogens is 176 g/mol. The molecule has 0 radical (unpaired) electrons. The van der Waals surface area contributed by atoms with Gasteiger partial charge < -0.3 is 4.74 Å². The van der Waals surface area contributed by atoms with Gasteiger partial charge in [0.25, 0.3) is 0 Å². The minimum Gasteiger partial charge on any atom is -0.496 e. The first-order valence-electron chi connectivity index (χ1n) is 5.02. The van der Waals surface area contributed by atoms with Crippen molar-refractivity contribution < 1.29 is 9.53 Å². The van der Waals surface area contributed by atoms with Gasteiger partial charge in [0.05, 0.1) is 7.11 Å². The molecule has 1 aliphatic rings. The highest BCUT2D eigenvalue weighted by Gasteiger charge is 2.17. The zero-order valence-electron chi connectivity index (χ0n) is 8.38. The summed E-state index contributed by atoms with van der Waals surface area (Å²) < 4.78 is 5.26. The van der Waals surface area contributed by atoms with Crippen LogP contribution in [-0.4, -0.2) is 12.9 Å². The highest BCUT2D eigenvalue weighted by molar-refractivity contribution is 5.98. The number of fused-ring (bicyclic) bond motifs is 1. The minimum absolute atomic E-state index is 0.261. The Hall–Kier alpha value is -1.31. The second-order valence-corrected chi connectivity index (χ2v) is 3.62. The molecular formula is C12H14O2. The fourth-order valence-electron chi connectivity index (χ4n) is 2.00. The van der Waals surface area contributed by atoms with Gasteiger partial charge in [-0.25, -0.2) is 0 Å². The van der Waals surface area contributed by atoms with Crippen molar-refractivity contribution >= 4 is 5.78 Å². The van der Waals surface area contributed by atoms with Crippen LogP contribution in [0, 0.1) is 0 Å². The Bertz CT molecular complexity index is 355. The van der Waals surface area contributed by atoms with Crippen molar-refractivity contribution in [3.05, 3.63) is 29.3 Å². The molecule has 1 aromatic rings. The number of methoxy groups -OCH3 is 1. The molecule has 2 nitrogen and oxygen atoms in total. The van der Waals surface area contributed by atoms with Crippen LogP contribution in [0.4, 0.5) is 0 Å². The molecule has 0 heterocycles. The molecule has 0 unspecified atom stereocenters. The van der Waals surface area contributed by atoms with Crippen LogP contribution >= 0.6 is 0 Å². The van der Waals surface area contributed by atoms with E-state index in [0.29, 0.717) is 6.42 Å². The Balaban J connectivity index is 2.51. The maximum Gasteiger partial charge on any atom is 0.163 e. The van der Waals surface area contributed by atoms with E-state index in [1.165, 1.54) is 0 Å². The summed E-state index contributed by atoms with van der Waals surface area (Å²) in [5, 5.41) is 0. The summed E-state index contributed by atoms with van der Waals surface area (Å²) in [5.41, 5.74) is 1.96. The third-order valence-corrected chi connectivity index (χ3v) is 2.73. The summed E-state index contributed by atoms with van der Waals surface area (Å²) in [6.07, 6.45) is 3.72. The van der Waals surface area contributed by atoms with Crippen LogP contribution in [0.5, 0.6) is 5.75 Å². The summed E-state index contributed by atoms with van der Waals surface area (Å²) in [6.45, 7) is 0. The van der Waals surface area contributed by atoms with E-state index in [9.17, 15) is 4.79 Å². The average Bonchev–Trinajstić information content (AvgIpc) is 2.41. The zero-order valence-corrected chi connectivity index (χ0v) is 8.38. The first-order chi connectivity index (χ1) is 6.83. The molecule has 74 valence electrons. The van der Waals surface area contributed by atoms with Gasteiger partial charge in [0.1, 0.15) is 5.75 Å². The first-order valence-corrected chi connectivity index (χ1v) is 5.02. The lowest BCUT2D eigenvalue weighted by Gasteiger charge is -2.09. The lowest BCUT2D eigenvalue weighted by Crippen LogP contribution is -2.01. The van der Waals surface area contributed by atoms with Crippen LogP contribution in [0.1, 0.15) is 35.2 Å². The molecule has 1 aliphatic carbocycles. The molecule has 1 aromatic carbocycles. The van der Waals surface area contributed by atoms with Crippen molar-refractivity contribution in [2.75, 3.05) is 7.11 Å². The Morgan fingerprint density at radius 2 is 2.00 bits per heavy atom. The monoisotopic (exact) mass is 190 g/mol. The molecule has 2 heteroatoms. The normalized spacial score (nSPS) is 15.9. The van der Waals surface area contributed by atoms with E-state index in [1.807, 2.05) is 18.2 Å². The molecule has 14 heavy (non-hydrogen) atoms. The lowest BCUT2D eigenvalue weighted by molar-refractivity contribution is 0.0981. The van der Waals surface area contributed by atoms with Crippen molar-refractivity contribution in [2.45, 2.75) is 25.7 Å². The molecule has 0 spiro atoms. The van der Waals surface area contributed by atoms with E-state index in [-0.39, 0.29) is 5.78 Å². The molecule has 2 rings (SSSR count). The highest BCUT2D eigenvalue weighted by atomic mass is 16.5. The number of carbonyl (C=O) groups excluding carboxylic acids is 1. The number of Topliss-reactive ketones (excluding diaryl/α,β-unsaturated/α-hetero) is 1. The van der Waals surface area contributed by atoms with E-state index in [1.54, 1.807) is 7.11 Å². The third-order valence-electron chi connectivity index (χ3n) is 2.73. The van der Waals surface area contributed by atoms with Gasteiger partial charge in [-0.3, -0.25) is 4.79 Å². The summed E-state index contributed by atoms with van der Waals surface area (Å²) in [4.78, 5) is 11.7. The van der Waals surface area contributed by atoms with Crippen molar-refractivity contribution in [3.8, 4) is 5.75 Å². The Kier molecular flexibility index (Phi) is 2.53. The maximum absolute atomic E-state index is 11.7. The van der Waals surface area contributed by atoms with Gasteiger partial charge in [0, 0.05) is 17.5 Å². The number of carbonyl (C=O) groups is 1. The third kappa shape index (κ3) is 1.52. The molecule has 0 amide bonds. The van der Waals surface area contributed by atoms with Crippen LogP contribution in [0.2, 0.25) is 0 Å². The van der Waals surface area contributed by atoms with E-state index in [2.05, 4.69) is 0 Å². The Labute approximate surface area is 83.9 Å². The van der Waals surface area contributed by atoms with E-state index in [4.69, 9.17) is 4.74 Å². The van der Waals surface area contributed by atoms with Crippen molar-refractivity contribution in [3.63, 3.8) is 0 Å². The van der Waals surface area contributed by atoms with E-state index >= 15 is 0 Å². The molecule has 0 atom stereocenters. The van der Waals surface area contributed by atoms with E-state index in [0.717, 1.165) is 36.1 Å². The van der Waals surface area contributed by atoms with Gasteiger partial charge in [-0.05, 0) is 25.3 Å². The van der Waals surface area contributed by atoms with Gasteiger partial charge in [0.2, 0.25) is 0 Å². The first kappa shape index (κ1) is 9.25. The molecule has 0 aliphatic heterocycles. The smallest absolute Gasteiger partial charge is 0.163 e. The van der Waals surface area contributed by atoms with Crippen molar-refractivity contribution in [2.24, 2.45) is 0 Å². The Morgan fingerprint density at radius 1 is 1.21 bits per heavy atom. The van der Waals surface area contributed by atoms with Gasteiger partial charge in [-0.2, -0.15) is 0 Å². The average molecular weight is 190 g/mol. The topological polar surface area (TPSA) is 26.3 Å². The lowest BCUT2D eigenvalue weighted by atomic mass is 10.0. The molecule has 0 saturated carbocycles. The number of hydrogen-bond acceptors (Lipinski definition) is 2. The highest BCUT2D eigenvalue weighted by Crippen LogP contribution is 2.28. The van der Waals surface area contributed by atoms with Crippen molar-refractivity contribution in [1.82, 2.24) is 0 Å². The van der Waals surface area contributed by atoms with Crippen LogP contribution in [0.25, 0.3) is 0 Å². The van der Waals surface area contributed by atoms with Gasteiger partial charge in [-0.15, -0.1) is 0 Å². The second kappa shape index (κ2) is 3.82. The fourth-order valence-corrected chi connectivity index (χ4v) is 2.00.